The number of hydrogen-bond acceptors (Lipinski definition) is 0. The molecule has 0 saturated heterocycles. The van der Waals surface area contributed by atoms with Gasteiger partial charge in [0, 0.05) is 23.8 Å². The quantitative estimate of drug-likeness (QED) is 0.478. The van der Waals surface area contributed by atoms with E-state index in [1.54, 1.807) is 0 Å². The molecule has 2 aromatic rings. The van der Waals surface area contributed by atoms with Crippen LogP contribution in [0.5, 0.6) is 0 Å². The Bertz CT molecular complexity index is 996. The van der Waals surface area contributed by atoms with E-state index in [1.165, 1.54) is 28.1 Å². The molecule has 0 spiro atoms. The molecular weight excluding hydrogens is 302 g/mol. The lowest BCUT2D eigenvalue weighted by Crippen LogP contribution is -2.23. The fraction of sp³-hybridized carbons (Fsp3) is 0.0417. The average Bonchev–Trinajstić information content (AvgIpc) is 2.78. The van der Waals surface area contributed by atoms with Crippen molar-refractivity contribution in [3.63, 3.8) is 0 Å². The Kier molecular flexibility index (Phi) is 3.91. The standard InChI is InChI=1S/C24H20N/c1-3-4-6-13-22-18(2)10-9-14-23-21-17-20(15-16-24(21)25(22)23)19-11-7-5-8-12-19/h3-17H,2H2,1H3/q+1/b4-3-,13-6-. The first-order valence-electron chi connectivity index (χ1n) is 8.53. The van der Waals surface area contributed by atoms with E-state index in [-0.39, 0.29) is 0 Å². The van der Waals surface area contributed by atoms with Crippen LogP contribution in [0.3, 0.4) is 0 Å². The molecule has 2 aromatic carbocycles. The minimum Gasteiger partial charge on any atom is -0.152 e. The molecule has 1 nitrogen and oxygen atoms in total. The predicted octanol–water partition coefficient (Wildman–Crippen LogP) is 6.05. The summed E-state index contributed by atoms with van der Waals surface area (Å²) in [4.78, 5) is 0. The smallest absolute Gasteiger partial charge is 0.152 e. The van der Waals surface area contributed by atoms with Crippen molar-refractivity contribution < 1.29 is 4.58 Å². The van der Waals surface area contributed by atoms with E-state index in [0.717, 1.165) is 11.3 Å². The van der Waals surface area contributed by atoms with Gasteiger partial charge in [-0.2, -0.15) is 4.58 Å². The van der Waals surface area contributed by atoms with Crippen LogP contribution in [0.2, 0.25) is 0 Å². The molecule has 0 aliphatic carbocycles. The van der Waals surface area contributed by atoms with E-state index < -0.39 is 0 Å². The van der Waals surface area contributed by atoms with Crippen molar-refractivity contribution in [1.82, 2.24) is 0 Å². The molecule has 4 rings (SSSR count). The highest BCUT2D eigenvalue weighted by molar-refractivity contribution is 6.10. The molecule has 1 heteroatoms. The second kappa shape index (κ2) is 6.37. The van der Waals surface area contributed by atoms with Gasteiger partial charge in [-0.1, -0.05) is 61.2 Å². The van der Waals surface area contributed by atoms with E-state index in [0.29, 0.717) is 0 Å². The lowest BCUT2D eigenvalue weighted by molar-refractivity contribution is -0.353. The zero-order chi connectivity index (χ0) is 17.2. The average molecular weight is 322 g/mol. The van der Waals surface area contributed by atoms with Crippen molar-refractivity contribution in [2.75, 3.05) is 0 Å². The van der Waals surface area contributed by atoms with E-state index in [4.69, 9.17) is 0 Å². The lowest BCUT2D eigenvalue weighted by atomic mass is 9.94. The zero-order valence-electron chi connectivity index (χ0n) is 14.3. The van der Waals surface area contributed by atoms with Crippen molar-refractivity contribution in [3.8, 4) is 11.1 Å². The van der Waals surface area contributed by atoms with Gasteiger partial charge in [0.05, 0.1) is 0 Å². The van der Waals surface area contributed by atoms with Crippen LogP contribution in [0.1, 0.15) is 12.5 Å². The Morgan fingerprint density at radius 1 is 0.960 bits per heavy atom. The Labute approximate surface area is 149 Å². The van der Waals surface area contributed by atoms with Crippen molar-refractivity contribution in [2.45, 2.75) is 6.92 Å². The minimum absolute atomic E-state index is 1.02. The molecule has 2 aliphatic heterocycles. The van der Waals surface area contributed by atoms with Gasteiger partial charge < -0.3 is 0 Å². The fourth-order valence-electron chi connectivity index (χ4n) is 3.29. The van der Waals surface area contributed by atoms with Crippen LogP contribution >= 0.6 is 0 Å². The molecule has 0 bridgehead atoms. The van der Waals surface area contributed by atoms with Crippen LogP contribution in [0.4, 0.5) is 5.69 Å². The van der Waals surface area contributed by atoms with Gasteiger partial charge in [-0.05, 0) is 36.3 Å². The first-order valence-corrected chi connectivity index (χ1v) is 8.53. The van der Waals surface area contributed by atoms with Crippen LogP contribution in [-0.4, -0.2) is 10.3 Å². The molecular formula is C24H20N+. The van der Waals surface area contributed by atoms with Gasteiger partial charge >= 0.3 is 0 Å². The molecule has 0 amide bonds. The highest BCUT2D eigenvalue weighted by atomic mass is 15.1. The Hall–Kier alpha value is -3.19. The summed E-state index contributed by atoms with van der Waals surface area (Å²) in [6.45, 7) is 6.24. The zero-order valence-corrected chi connectivity index (χ0v) is 14.3. The maximum absolute atomic E-state index is 4.22. The summed E-state index contributed by atoms with van der Waals surface area (Å²) < 4.78 is 2.28. The molecule has 0 saturated carbocycles. The Balaban J connectivity index is 1.84. The molecule has 25 heavy (non-hydrogen) atoms. The molecule has 2 heterocycles. The van der Waals surface area contributed by atoms with E-state index in [2.05, 4.69) is 90.1 Å². The lowest BCUT2D eigenvalue weighted by Gasteiger charge is -2.21. The molecule has 2 aliphatic rings. The van der Waals surface area contributed by atoms with Gasteiger partial charge in [-0.3, -0.25) is 0 Å². The number of fused-ring (bicyclic) bond motifs is 4. The molecule has 0 N–H and O–H groups in total. The van der Waals surface area contributed by atoms with Gasteiger partial charge in [-0.15, -0.1) is 0 Å². The summed E-state index contributed by atoms with van der Waals surface area (Å²) in [6.07, 6.45) is 14.6. The van der Waals surface area contributed by atoms with Crippen molar-refractivity contribution in [2.24, 2.45) is 0 Å². The number of rotatable bonds is 3. The number of nitrogens with zero attached hydrogens (tertiary/aromatic N) is 1. The van der Waals surface area contributed by atoms with Crippen LogP contribution in [0, 0.1) is 0 Å². The van der Waals surface area contributed by atoms with Gasteiger partial charge in [-0.25, -0.2) is 0 Å². The molecule has 0 fully saturated rings. The van der Waals surface area contributed by atoms with Crippen molar-refractivity contribution >= 4 is 17.1 Å². The molecule has 0 unspecified atom stereocenters. The second-order valence-electron chi connectivity index (χ2n) is 6.14. The first kappa shape index (κ1) is 15.3. The van der Waals surface area contributed by atoms with Gasteiger partial charge in [0.15, 0.2) is 0 Å². The predicted molar refractivity (Wildman–Crippen MR) is 107 cm³/mol. The largest absolute Gasteiger partial charge is 0.225 e. The van der Waals surface area contributed by atoms with Crippen molar-refractivity contribution in [1.29, 1.82) is 0 Å². The maximum Gasteiger partial charge on any atom is 0.225 e. The third kappa shape index (κ3) is 2.64. The summed E-state index contributed by atoms with van der Waals surface area (Å²) >= 11 is 0. The van der Waals surface area contributed by atoms with Gasteiger partial charge in [0.25, 0.3) is 0 Å². The minimum atomic E-state index is 1.02. The number of benzene rings is 2. The second-order valence-corrected chi connectivity index (χ2v) is 6.14. The van der Waals surface area contributed by atoms with Crippen LogP contribution in [0.25, 0.3) is 16.8 Å². The SMILES string of the molecule is C=C1C=CC=C2c3cc(-c4ccccc4)ccc3[N+]2=C1/C=C\C=C/C. The van der Waals surface area contributed by atoms with Gasteiger partial charge in [0.1, 0.15) is 5.56 Å². The summed E-state index contributed by atoms with van der Waals surface area (Å²) in [5.41, 5.74) is 8.38. The van der Waals surface area contributed by atoms with Crippen LogP contribution in [-0.2, 0) is 0 Å². The molecule has 0 aromatic heterocycles. The third-order valence-electron chi connectivity index (χ3n) is 4.54. The fourth-order valence-corrected chi connectivity index (χ4v) is 3.29. The van der Waals surface area contributed by atoms with Gasteiger partial charge in [0.2, 0.25) is 17.1 Å². The molecule has 0 atom stereocenters. The number of allylic oxidation sites excluding steroid dienone is 8. The third-order valence-corrected chi connectivity index (χ3v) is 4.54. The first-order chi connectivity index (χ1) is 12.3. The number of hydrogen-bond donors (Lipinski definition) is 0. The van der Waals surface area contributed by atoms with Crippen LogP contribution < -0.4 is 0 Å². The monoisotopic (exact) mass is 322 g/mol. The van der Waals surface area contributed by atoms with E-state index in [1.807, 2.05) is 19.1 Å². The topological polar surface area (TPSA) is 3.01 Å². The Morgan fingerprint density at radius 2 is 1.80 bits per heavy atom. The Morgan fingerprint density at radius 3 is 2.60 bits per heavy atom. The maximum atomic E-state index is 4.22. The summed E-state index contributed by atoms with van der Waals surface area (Å²) in [5.74, 6) is 0. The summed E-state index contributed by atoms with van der Waals surface area (Å²) in [7, 11) is 0. The highest BCUT2D eigenvalue weighted by Crippen LogP contribution is 2.44. The van der Waals surface area contributed by atoms with Crippen LogP contribution in [0.15, 0.2) is 103 Å². The van der Waals surface area contributed by atoms with Crippen molar-refractivity contribution in [3.05, 3.63) is 109 Å². The highest BCUT2D eigenvalue weighted by Gasteiger charge is 2.39. The van der Waals surface area contributed by atoms with E-state index >= 15 is 0 Å². The summed E-state index contributed by atoms with van der Waals surface area (Å²) in [5, 5.41) is 0. The molecule has 120 valence electrons. The molecule has 0 radical (unpaired) electrons. The normalized spacial score (nSPS) is 15.9. The summed E-state index contributed by atoms with van der Waals surface area (Å²) in [6, 6.07) is 17.2. The van der Waals surface area contributed by atoms with E-state index in [9.17, 15) is 0 Å².